The van der Waals surface area contributed by atoms with Crippen LogP contribution in [0.1, 0.15) is 45.7 Å². The van der Waals surface area contributed by atoms with Crippen LogP contribution in [0.5, 0.6) is 17.6 Å². The number of morpholine rings is 3. The van der Waals surface area contributed by atoms with Crippen molar-refractivity contribution in [2.24, 2.45) is 0 Å². The number of rotatable bonds is 23. The molecule has 3 aliphatic rings. The quantitative estimate of drug-likeness (QED) is 0.0150. The number of carbonyl (C=O) groups excluding carboxylic acids is 3. The maximum absolute atomic E-state index is 11.5. The third kappa shape index (κ3) is 29.8. The van der Waals surface area contributed by atoms with E-state index >= 15 is 0 Å². The molecule has 0 aliphatic carbocycles. The van der Waals surface area contributed by atoms with Gasteiger partial charge in [0.15, 0.2) is 34.9 Å². The molecule has 0 unspecified atom stereocenters. The molecule has 0 atom stereocenters. The summed E-state index contributed by atoms with van der Waals surface area (Å²) in [5, 5.41) is 27.7. The standard InChI is InChI=1S/C23H24N8O4S.C23H23N8O4S.C23H24N8O3S.C5H14NO.K.2H2O4S.H2O/c2*1-30(23-25-11-15(12-26-23)22(32)29-33)13-16-9-17-19(36-16)21(31-5-7-35-8-6-31)28-20(27-17)14-3-4-18(34-2)24-10-14;1-30(23-26-11-15(12-27-23)20(24)32)13-16-9-17-19(35-16)22(31-5-7-34-8-6-31)29-21(28-17)14-3-4-18(33-2)25-10-14;1-6(2,3)4-5-7;;2*1-5(2,3)4;/h3-4,9-12,33H,5-8,13H2,1-2H3,(H,29,32);3-4,9-12H,5-8,13H2,1-2H3,(H-,29,32,33);3-4,9-12H,5-8,13H2,1-2H3,(H2,24,32);7H,4-5H2,1-3H3;;2*(H2,1,2,3,4);1H2/q;-1;;2*+1;;;/p-2. The second kappa shape index (κ2) is 47.3. The molecule has 3 saturated heterocycles. The van der Waals surface area contributed by atoms with E-state index in [4.69, 9.17) is 109 Å². The summed E-state index contributed by atoms with van der Waals surface area (Å²) in [5.74, 6) is 5.13. The Morgan fingerprint density at radius 2 is 0.762 bits per heavy atom. The predicted molar refractivity (Wildman–Crippen MR) is 462 cm³/mol. The minimum absolute atomic E-state index is 0. The average molecular weight is 1860 g/mol. The summed E-state index contributed by atoms with van der Waals surface area (Å²) in [6, 6.07) is 17.2. The van der Waals surface area contributed by atoms with Crippen molar-refractivity contribution >= 4 is 138 Å². The van der Waals surface area contributed by atoms with E-state index in [1.165, 1.54) is 42.7 Å². The van der Waals surface area contributed by atoms with Gasteiger partial charge in [-0.3, -0.25) is 33.0 Å². The zero-order valence-electron chi connectivity index (χ0n) is 69.6. The molecule has 15 rings (SSSR count). The van der Waals surface area contributed by atoms with E-state index in [9.17, 15) is 19.6 Å². The van der Waals surface area contributed by atoms with Gasteiger partial charge in [0.25, 0.3) is 5.91 Å². The van der Waals surface area contributed by atoms with Crippen LogP contribution in [-0.2, 0) is 54.6 Å². The first kappa shape index (κ1) is 101. The molecule has 10 N–H and O–H groups in total. The van der Waals surface area contributed by atoms with Gasteiger partial charge in [-0.25, -0.2) is 80.2 Å². The Balaban J connectivity index is 0.000000212. The van der Waals surface area contributed by atoms with E-state index in [-0.39, 0.29) is 80.2 Å². The van der Waals surface area contributed by atoms with Crippen LogP contribution in [0, 0.1) is 5.21 Å². The van der Waals surface area contributed by atoms with Crippen molar-refractivity contribution in [3.05, 3.63) is 153 Å². The average Bonchev–Trinajstić information content (AvgIpc) is 1.62. The van der Waals surface area contributed by atoms with Gasteiger partial charge in [-0.1, -0.05) is 0 Å². The van der Waals surface area contributed by atoms with Crippen molar-refractivity contribution in [2.75, 3.05) is 185 Å². The maximum Gasteiger partial charge on any atom is 1.00 e. The second-order valence-corrected chi connectivity index (χ2v) is 32.9. The number of aromatic nitrogens is 15. The summed E-state index contributed by atoms with van der Waals surface area (Å²) in [7, 11) is 7.17. The smallest absolute Gasteiger partial charge is 0.870 e. The molecule has 0 radical (unpaired) electrons. The molecule has 0 bridgehead atoms. The topological polar surface area (TPSA) is 610 Å². The first-order chi connectivity index (χ1) is 59.2. The van der Waals surface area contributed by atoms with Crippen molar-refractivity contribution < 1.29 is 150 Å². The number of thiophene rings is 3. The Kier molecular flexibility index (Phi) is 37.9. The summed E-state index contributed by atoms with van der Waals surface area (Å²) in [5.41, 5.74) is 15.5. The first-order valence-corrected chi connectivity index (χ1v) is 42.4. The molecule has 0 saturated carbocycles. The van der Waals surface area contributed by atoms with Gasteiger partial charge in [-0.15, -0.1) is 34.0 Å². The molecule has 52 heteroatoms. The number of aliphatic hydroxyl groups excluding tert-OH is 1. The SMILES string of the molecule is COc1ccc(-c2nc(N3CCOCC3)c3sc(CN(C)c4ncc(C(=O)NO)cn4)cc3n2)cn1.COc1ccc(-c2nc(N3CCOCC3)c3sc(CN(C)c4ncc(C(=O)N[O-])cn4)cc3n2)cn1.COc1ccc(-c2nc(N3CCOCC3)c3sc(CN(C)c4ncc(C([NH-])=O)cn4)cc3n2)cn1.C[N+](C)(C)CCO.O=S(=O)(O)O.O=S(=O)(O)O.[K+].[OH-]. The van der Waals surface area contributed by atoms with E-state index in [1.54, 1.807) is 97.6 Å². The molecular formula is C74H89KN25O21S5-. The monoisotopic (exact) mass is 1860 g/mol. The minimum atomic E-state index is -4.67. The van der Waals surface area contributed by atoms with Crippen LogP contribution >= 0.6 is 34.0 Å². The number of nitrogens with zero attached hydrogens (tertiary/aromatic N) is 22. The zero-order chi connectivity index (χ0) is 89.4. The third-order valence-corrected chi connectivity index (χ3v) is 20.9. The Morgan fingerprint density at radius 1 is 0.484 bits per heavy atom. The fraction of sp³-hybridized carbons (Fsp3) is 0.351. The Hall–Kier alpha value is -10.5. The molecule has 3 fully saturated rings. The summed E-state index contributed by atoms with van der Waals surface area (Å²) in [6.07, 6.45) is 13.3. The van der Waals surface area contributed by atoms with Gasteiger partial charge in [0, 0.05) is 171 Å². The van der Waals surface area contributed by atoms with Gasteiger partial charge in [0.05, 0.1) is 156 Å². The Labute approximate surface area is 776 Å². The summed E-state index contributed by atoms with van der Waals surface area (Å²) >= 11 is 4.88. The van der Waals surface area contributed by atoms with E-state index in [2.05, 4.69) is 92.8 Å². The molecular weight excluding hydrogens is 1770 g/mol. The molecule has 15 heterocycles. The van der Waals surface area contributed by atoms with Gasteiger partial charge in [0.1, 0.15) is 6.54 Å². The van der Waals surface area contributed by atoms with Crippen molar-refractivity contribution in [1.29, 1.82) is 0 Å². The predicted octanol–water partition coefficient (Wildman–Crippen LogP) is 2.82. The number of likely N-dealkylation sites (N-methyl/N-ethyl adjacent to an activating group) is 1. The summed E-state index contributed by atoms with van der Waals surface area (Å²) in [6.45, 7) is 11.1. The number of anilines is 6. The molecule has 668 valence electrons. The molecule has 12 aromatic heterocycles. The largest absolute Gasteiger partial charge is 1.00 e. The van der Waals surface area contributed by atoms with Crippen LogP contribution in [-0.4, -0.2) is 303 Å². The first-order valence-electron chi connectivity index (χ1n) is 37.1. The van der Waals surface area contributed by atoms with Crippen molar-refractivity contribution in [2.45, 2.75) is 19.6 Å². The number of pyridine rings is 3. The van der Waals surface area contributed by atoms with Gasteiger partial charge in [-0.2, -0.15) is 16.8 Å². The van der Waals surface area contributed by atoms with Crippen LogP contribution in [0.25, 0.3) is 70.5 Å². The number of quaternary nitrogens is 1. The van der Waals surface area contributed by atoms with E-state index in [0.29, 0.717) is 112 Å². The number of carbonyl (C=O) groups is 3. The number of ether oxygens (including phenoxy) is 6. The number of hydrogen-bond acceptors (Lipinski definition) is 41. The summed E-state index contributed by atoms with van der Waals surface area (Å²) < 4.78 is 99.2. The molecule has 0 aromatic carbocycles. The fourth-order valence-electron chi connectivity index (χ4n) is 11.6. The molecule has 12 aromatic rings. The van der Waals surface area contributed by atoms with E-state index < -0.39 is 38.5 Å². The van der Waals surface area contributed by atoms with Crippen LogP contribution < -0.4 is 106 Å². The number of fused-ring (bicyclic) bond motifs is 3. The van der Waals surface area contributed by atoms with E-state index in [1.807, 2.05) is 60.1 Å². The second-order valence-electron chi connectivity index (χ2n) is 27.7. The number of aliphatic hydroxyl groups is 1. The van der Waals surface area contributed by atoms with Crippen molar-refractivity contribution in [3.8, 4) is 51.8 Å². The molecule has 46 nitrogen and oxygen atoms in total. The van der Waals surface area contributed by atoms with Gasteiger partial charge < -0.3 is 94.1 Å². The van der Waals surface area contributed by atoms with Crippen LogP contribution in [0.3, 0.4) is 0 Å². The van der Waals surface area contributed by atoms with Gasteiger partial charge >= 0.3 is 72.2 Å². The van der Waals surface area contributed by atoms with Crippen LogP contribution in [0.15, 0.2) is 110 Å². The van der Waals surface area contributed by atoms with Crippen molar-refractivity contribution in [3.63, 3.8) is 0 Å². The minimum Gasteiger partial charge on any atom is -0.870 e. The number of nitrogens with one attached hydrogen (secondary N) is 3. The van der Waals surface area contributed by atoms with Gasteiger partial charge in [-0.05, 0) is 36.4 Å². The normalized spacial score (nSPS) is 13.2. The van der Waals surface area contributed by atoms with Crippen LogP contribution in [0.4, 0.5) is 35.3 Å². The zero-order valence-corrected chi connectivity index (χ0v) is 76.8. The van der Waals surface area contributed by atoms with Crippen molar-refractivity contribution in [1.82, 2.24) is 85.7 Å². The van der Waals surface area contributed by atoms with Crippen LogP contribution in [0.2, 0.25) is 0 Å². The third-order valence-electron chi connectivity index (χ3n) is 17.6. The number of amides is 3. The Bertz CT molecular complexity index is 5530. The number of hydrogen-bond donors (Lipinski definition) is 8. The Morgan fingerprint density at radius 3 is 0.984 bits per heavy atom. The number of methoxy groups -OCH3 is 3. The molecule has 3 amide bonds. The van der Waals surface area contributed by atoms with Gasteiger partial charge in [0.2, 0.25) is 41.4 Å². The summed E-state index contributed by atoms with van der Waals surface area (Å²) in [4.78, 5) is 117. The molecule has 0 spiro atoms. The number of hydroxylamine groups is 2. The maximum atomic E-state index is 11.5. The van der Waals surface area contributed by atoms with E-state index in [0.717, 1.165) is 130 Å². The molecule has 126 heavy (non-hydrogen) atoms. The fourth-order valence-corrected chi connectivity index (χ4v) is 15.1. The molecule has 3 aliphatic heterocycles.